The molecule has 1 atom stereocenters. The summed E-state index contributed by atoms with van der Waals surface area (Å²) in [5.74, 6) is 0.791. The van der Waals surface area contributed by atoms with Crippen LogP contribution in [0.2, 0.25) is 0 Å². The van der Waals surface area contributed by atoms with Gasteiger partial charge in [0, 0.05) is 18.7 Å². The van der Waals surface area contributed by atoms with Crippen LogP contribution in [-0.4, -0.2) is 45.8 Å². The van der Waals surface area contributed by atoms with Gasteiger partial charge in [-0.25, -0.2) is 9.67 Å². The van der Waals surface area contributed by atoms with E-state index in [1.165, 1.54) is 6.33 Å². The highest BCUT2D eigenvalue weighted by Crippen LogP contribution is 2.24. The maximum Gasteiger partial charge on any atom is 0.254 e. The summed E-state index contributed by atoms with van der Waals surface area (Å²) in [4.78, 5) is 18.6. The Morgan fingerprint density at radius 1 is 1.41 bits per heavy atom. The number of amides is 1. The zero-order valence-electron chi connectivity index (χ0n) is 12.9. The van der Waals surface area contributed by atoms with Crippen molar-refractivity contribution < 1.29 is 9.53 Å². The molecule has 1 aliphatic rings. The second kappa shape index (κ2) is 6.17. The third-order valence-electron chi connectivity index (χ3n) is 4.15. The van der Waals surface area contributed by atoms with E-state index in [9.17, 15) is 4.79 Å². The van der Waals surface area contributed by atoms with Gasteiger partial charge in [-0.05, 0) is 37.5 Å². The number of ether oxygens (including phenoxy) is 1. The minimum Gasteiger partial charge on any atom is -0.496 e. The third kappa shape index (κ3) is 2.81. The highest BCUT2D eigenvalue weighted by Gasteiger charge is 2.26. The number of carbonyl (C=O) groups excluding carboxylic acids is 1. The van der Waals surface area contributed by atoms with Crippen LogP contribution in [0.5, 0.6) is 5.75 Å². The van der Waals surface area contributed by atoms with Crippen molar-refractivity contribution in [2.45, 2.75) is 25.8 Å². The Bertz CT molecular complexity index is 654. The molecule has 1 amide bonds. The van der Waals surface area contributed by atoms with E-state index in [0.717, 1.165) is 30.7 Å². The van der Waals surface area contributed by atoms with E-state index in [1.54, 1.807) is 13.4 Å². The molecule has 0 radical (unpaired) electrons. The van der Waals surface area contributed by atoms with Crippen LogP contribution in [-0.2, 0) is 0 Å². The van der Waals surface area contributed by atoms with E-state index in [0.29, 0.717) is 12.1 Å². The van der Waals surface area contributed by atoms with Gasteiger partial charge in [0.05, 0.1) is 13.2 Å². The molecule has 1 saturated heterocycles. The van der Waals surface area contributed by atoms with Crippen LogP contribution < -0.4 is 4.74 Å². The molecule has 0 aliphatic carbocycles. The number of rotatable bonds is 3. The number of carbonyl (C=O) groups is 1. The molecule has 3 rings (SSSR count). The van der Waals surface area contributed by atoms with Crippen molar-refractivity contribution in [3.8, 4) is 5.75 Å². The summed E-state index contributed by atoms with van der Waals surface area (Å²) in [5, 5.41) is 4.19. The fraction of sp³-hybridized carbons (Fsp3) is 0.438. The van der Waals surface area contributed by atoms with E-state index >= 15 is 0 Å². The first kappa shape index (κ1) is 14.6. The number of piperidine rings is 1. The Labute approximate surface area is 129 Å². The van der Waals surface area contributed by atoms with Crippen LogP contribution >= 0.6 is 0 Å². The summed E-state index contributed by atoms with van der Waals surface area (Å²) >= 11 is 0. The number of nitrogens with zero attached hydrogens (tertiary/aromatic N) is 4. The predicted octanol–water partition coefficient (Wildman–Crippen LogP) is 2.07. The van der Waals surface area contributed by atoms with Crippen LogP contribution in [0.4, 0.5) is 0 Å². The molecule has 6 nitrogen and oxygen atoms in total. The third-order valence-corrected chi connectivity index (χ3v) is 4.15. The van der Waals surface area contributed by atoms with Gasteiger partial charge in [0.15, 0.2) is 0 Å². The summed E-state index contributed by atoms with van der Waals surface area (Å²) in [6.45, 7) is 3.41. The molecule has 1 aliphatic heterocycles. The molecule has 0 saturated carbocycles. The van der Waals surface area contributed by atoms with Crippen LogP contribution in [0.25, 0.3) is 0 Å². The highest BCUT2D eigenvalue weighted by molar-refractivity contribution is 5.94. The normalized spacial score (nSPS) is 18.3. The molecule has 1 aromatic carbocycles. The molecule has 1 aromatic heterocycles. The van der Waals surface area contributed by atoms with Crippen molar-refractivity contribution in [2.75, 3.05) is 20.2 Å². The lowest BCUT2D eigenvalue weighted by Crippen LogP contribution is -2.40. The zero-order chi connectivity index (χ0) is 15.5. The van der Waals surface area contributed by atoms with E-state index in [1.807, 2.05) is 34.7 Å². The Kier molecular flexibility index (Phi) is 4.09. The fourth-order valence-electron chi connectivity index (χ4n) is 2.90. The number of likely N-dealkylation sites (tertiary alicyclic amines) is 1. The van der Waals surface area contributed by atoms with Gasteiger partial charge >= 0.3 is 0 Å². The fourth-order valence-corrected chi connectivity index (χ4v) is 2.90. The molecule has 116 valence electrons. The molecule has 22 heavy (non-hydrogen) atoms. The molecule has 2 aromatic rings. The van der Waals surface area contributed by atoms with Gasteiger partial charge in [-0.1, -0.05) is 6.07 Å². The van der Waals surface area contributed by atoms with E-state index in [2.05, 4.69) is 10.1 Å². The van der Waals surface area contributed by atoms with Crippen molar-refractivity contribution in [1.82, 2.24) is 19.7 Å². The SMILES string of the molecule is COc1cc(C(=O)N2CCC[C@@H](n3cncn3)C2)ccc1C. The Hall–Kier alpha value is -2.37. The van der Waals surface area contributed by atoms with Crippen LogP contribution in [0.3, 0.4) is 0 Å². The average molecular weight is 300 g/mol. The summed E-state index contributed by atoms with van der Waals surface area (Å²) in [6, 6.07) is 5.80. The molecular weight excluding hydrogens is 280 g/mol. The maximum absolute atomic E-state index is 12.7. The zero-order valence-corrected chi connectivity index (χ0v) is 12.9. The van der Waals surface area contributed by atoms with Crippen LogP contribution in [0.15, 0.2) is 30.9 Å². The molecule has 0 bridgehead atoms. The molecule has 0 N–H and O–H groups in total. The average Bonchev–Trinajstić information content (AvgIpc) is 3.09. The Morgan fingerprint density at radius 2 is 2.27 bits per heavy atom. The van der Waals surface area contributed by atoms with Crippen molar-refractivity contribution in [3.05, 3.63) is 42.0 Å². The first-order valence-corrected chi connectivity index (χ1v) is 7.47. The second-order valence-electron chi connectivity index (χ2n) is 5.61. The summed E-state index contributed by atoms with van der Waals surface area (Å²) in [6.07, 6.45) is 5.24. The van der Waals surface area contributed by atoms with Gasteiger partial charge in [-0.2, -0.15) is 5.10 Å². The summed E-state index contributed by atoms with van der Waals surface area (Å²) < 4.78 is 7.15. The number of aromatic nitrogens is 3. The standard InChI is InChI=1S/C16H20N4O2/c1-12-5-6-13(8-15(12)22-2)16(21)19-7-3-4-14(9-19)20-11-17-10-18-20/h5-6,8,10-11,14H,3-4,7,9H2,1-2H3/t14-/m1/s1. The Morgan fingerprint density at radius 3 is 3.00 bits per heavy atom. The van der Waals surface area contributed by atoms with Crippen molar-refractivity contribution in [1.29, 1.82) is 0 Å². The molecule has 6 heteroatoms. The van der Waals surface area contributed by atoms with Crippen LogP contribution in [0.1, 0.15) is 34.8 Å². The maximum atomic E-state index is 12.7. The molecule has 0 unspecified atom stereocenters. The number of methoxy groups -OCH3 is 1. The second-order valence-corrected chi connectivity index (χ2v) is 5.61. The van der Waals surface area contributed by atoms with Crippen molar-refractivity contribution in [3.63, 3.8) is 0 Å². The molecule has 2 heterocycles. The van der Waals surface area contributed by atoms with Gasteiger partial charge in [-0.3, -0.25) is 4.79 Å². The van der Waals surface area contributed by atoms with Gasteiger partial charge in [-0.15, -0.1) is 0 Å². The van der Waals surface area contributed by atoms with Gasteiger partial charge in [0.1, 0.15) is 18.4 Å². The summed E-state index contributed by atoms with van der Waals surface area (Å²) in [5.41, 5.74) is 1.69. The highest BCUT2D eigenvalue weighted by atomic mass is 16.5. The first-order chi connectivity index (χ1) is 10.7. The predicted molar refractivity (Wildman–Crippen MR) is 81.9 cm³/mol. The number of hydrogen-bond donors (Lipinski definition) is 0. The number of benzene rings is 1. The number of hydrogen-bond acceptors (Lipinski definition) is 4. The van der Waals surface area contributed by atoms with Gasteiger partial charge < -0.3 is 9.64 Å². The lowest BCUT2D eigenvalue weighted by atomic mass is 10.0. The van der Waals surface area contributed by atoms with Crippen molar-refractivity contribution in [2.24, 2.45) is 0 Å². The minimum absolute atomic E-state index is 0.0446. The van der Waals surface area contributed by atoms with E-state index in [-0.39, 0.29) is 11.9 Å². The lowest BCUT2D eigenvalue weighted by Gasteiger charge is -2.32. The minimum atomic E-state index is 0.0446. The van der Waals surface area contributed by atoms with E-state index in [4.69, 9.17) is 4.74 Å². The van der Waals surface area contributed by atoms with Gasteiger partial charge in [0.25, 0.3) is 5.91 Å². The Balaban J connectivity index is 1.77. The topological polar surface area (TPSA) is 60.2 Å². The van der Waals surface area contributed by atoms with Gasteiger partial charge in [0.2, 0.25) is 0 Å². The monoisotopic (exact) mass is 300 g/mol. The van der Waals surface area contributed by atoms with Crippen molar-refractivity contribution >= 4 is 5.91 Å². The largest absolute Gasteiger partial charge is 0.496 e. The molecule has 1 fully saturated rings. The number of aryl methyl sites for hydroxylation is 1. The molecular formula is C16H20N4O2. The summed E-state index contributed by atoms with van der Waals surface area (Å²) in [7, 11) is 1.62. The molecule has 0 spiro atoms. The smallest absolute Gasteiger partial charge is 0.254 e. The van der Waals surface area contributed by atoms with E-state index < -0.39 is 0 Å². The van der Waals surface area contributed by atoms with Crippen LogP contribution in [0, 0.1) is 6.92 Å². The first-order valence-electron chi connectivity index (χ1n) is 7.47. The lowest BCUT2D eigenvalue weighted by molar-refractivity contribution is 0.0672. The quantitative estimate of drug-likeness (QED) is 0.870.